The minimum Gasteiger partial charge on any atom is -0.273 e. The number of benzene rings is 1. The number of carbonyl (C=O) groups is 2. The summed E-state index contributed by atoms with van der Waals surface area (Å²) in [6.07, 6.45) is 0. The number of rotatable bonds is 3. The molecule has 3 rings (SSSR count). The van der Waals surface area contributed by atoms with Crippen molar-refractivity contribution >= 4 is 32.9 Å². The summed E-state index contributed by atoms with van der Waals surface area (Å²) in [6.45, 7) is 6.54. The second kappa shape index (κ2) is 5.86. The first-order valence-electron chi connectivity index (χ1n) is 7.70. The number of nitrogens with zero attached hydrogens (tertiary/aromatic N) is 2. The van der Waals surface area contributed by atoms with Crippen molar-refractivity contribution in [2.24, 2.45) is 0 Å². The van der Waals surface area contributed by atoms with E-state index in [2.05, 4.69) is 20.8 Å². The van der Waals surface area contributed by atoms with Gasteiger partial charge in [-0.1, -0.05) is 44.7 Å². The summed E-state index contributed by atoms with van der Waals surface area (Å²) in [5, 5.41) is -0.281. The summed E-state index contributed by atoms with van der Waals surface area (Å²) in [6, 6.07) is 6.54. The Balaban J connectivity index is 1.72. The van der Waals surface area contributed by atoms with Crippen LogP contribution in [0.15, 0.2) is 29.2 Å². The van der Waals surface area contributed by atoms with E-state index in [1.54, 1.807) is 12.1 Å². The maximum atomic E-state index is 12.6. The van der Waals surface area contributed by atoms with E-state index in [0.717, 1.165) is 17.3 Å². The Bertz CT molecular complexity index is 759. The molecule has 0 spiro atoms. The Kier molecular flexibility index (Phi) is 4.26. The van der Waals surface area contributed by atoms with E-state index in [-0.39, 0.29) is 46.3 Å². The zero-order valence-corrected chi connectivity index (χ0v) is 15.5. The fourth-order valence-electron chi connectivity index (χ4n) is 2.77. The van der Waals surface area contributed by atoms with Crippen molar-refractivity contribution in [2.75, 3.05) is 18.8 Å². The van der Waals surface area contributed by atoms with Gasteiger partial charge in [0.25, 0.3) is 5.24 Å². The second-order valence-electron chi connectivity index (χ2n) is 7.07. The molecule has 24 heavy (non-hydrogen) atoms. The third-order valence-electron chi connectivity index (χ3n) is 4.34. The maximum Gasteiger partial charge on any atom is 0.289 e. The van der Waals surface area contributed by atoms with Gasteiger partial charge in [0.05, 0.1) is 16.7 Å². The van der Waals surface area contributed by atoms with Crippen molar-refractivity contribution in [3.05, 3.63) is 29.8 Å². The molecule has 2 saturated heterocycles. The Morgan fingerprint density at radius 2 is 1.67 bits per heavy atom. The van der Waals surface area contributed by atoms with Crippen LogP contribution in [0.5, 0.6) is 0 Å². The first-order chi connectivity index (χ1) is 11.1. The molecule has 0 atom stereocenters. The van der Waals surface area contributed by atoms with Crippen molar-refractivity contribution in [1.29, 1.82) is 0 Å². The molecule has 2 amide bonds. The van der Waals surface area contributed by atoms with Crippen LogP contribution in [0.1, 0.15) is 26.3 Å². The largest absolute Gasteiger partial charge is 0.289 e. The number of amides is 2. The van der Waals surface area contributed by atoms with Crippen molar-refractivity contribution in [3.63, 3.8) is 0 Å². The molecule has 130 valence electrons. The van der Waals surface area contributed by atoms with Crippen LogP contribution in [0.2, 0.25) is 0 Å². The number of hydrogen-bond donors (Lipinski definition) is 0. The van der Waals surface area contributed by atoms with Crippen LogP contribution in [-0.2, 0) is 20.2 Å². The average molecular weight is 368 g/mol. The first-order valence-corrected chi connectivity index (χ1v) is 10.1. The predicted molar refractivity (Wildman–Crippen MR) is 92.4 cm³/mol. The minimum atomic E-state index is -3.58. The van der Waals surface area contributed by atoms with Crippen molar-refractivity contribution in [2.45, 2.75) is 37.1 Å². The van der Waals surface area contributed by atoms with Gasteiger partial charge in [-0.3, -0.25) is 14.5 Å². The van der Waals surface area contributed by atoms with Gasteiger partial charge in [0.2, 0.25) is 15.9 Å². The molecule has 1 aromatic rings. The molecule has 0 unspecified atom stereocenters. The minimum absolute atomic E-state index is 0.0434. The third kappa shape index (κ3) is 2.98. The molecule has 0 aliphatic carbocycles. The molecule has 0 aromatic heterocycles. The molecular formula is C16H20N2O4S2. The number of carbonyl (C=O) groups excluding carboxylic acids is 2. The summed E-state index contributed by atoms with van der Waals surface area (Å²) in [7, 11) is -3.58. The zero-order valence-electron chi connectivity index (χ0n) is 13.9. The molecule has 2 heterocycles. The Morgan fingerprint density at radius 3 is 2.12 bits per heavy atom. The van der Waals surface area contributed by atoms with Crippen LogP contribution in [0.4, 0.5) is 4.79 Å². The van der Waals surface area contributed by atoms with Crippen LogP contribution in [0, 0.1) is 0 Å². The lowest BCUT2D eigenvalue weighted by atomic mass is 9.87. The molecule has 2 aliphatic rings. The fourth-order valence-corrected chi connectivity index (χ4v) is 5.06. The van der Waals surface area contributed by atoms with Gasteiger partial charge in [-0.15, -0.1) is 0 Å². The van der Waals surface area contributed by atoms with Crippen LogP contribution in [0.3, 0.4) is 0 Å². The van der Waals surface area contributed by atoms with Gasteiger partial charge < -0.3 is 0 Å². The molecule has 8 heteroatoms. The van der Waals surface area contributed by atoms with Gasteiger partial charge in [-0.05, 0) is 23.1 Å². The quantitative estimate of drug-likeness (QED) is 0.816. The second-order valence-corrected chi connectivity index (χ2v) is 9.93. The number of sulfonamides is 1. The Hall–Kier alpha value is -1.38. The maximum absolute atomic E-state index is 12.6. The molecule has 0 radical (unpaired) electrons. The number of hydrogen-bond acceptors (Lipinski definition) is 5. The van der Waals surface area contributed by atoms with Gasteiger partial charge >= 0.3 is 0 Å². The molecular weight excluding hydrogens is 348 g/mol. The van der Waals surface area contributed by atoms with Gasteiger partial charge in [-0.2, -0.15) is 4.31 Å². The van der Waals surface area contributed by atoms with E-state index in [1.165, 1.54) is 9.21 Å². The average Bonchev–Trinajstić information content (AvgIpc) is 2.77. The van der Waals surface area contributed by atoms with Crippen molar-refractivity contribution < 1.29 is 18.0 Å². The number of imide groups is 1. The molecule has 6 nitrogen and oxygen atoms in total. The van der Waals surface area contributed by atoms with Gasteiger partial charge in [0.1, 0.15) is 0 Å². The van der Waals surface area contributed by atoms with E-state index in [1.807, 2.05) is 12.1 Å². The lowest BCUT2D eigenvalue weighted by molar-refractivity contribution is -0.127. The smallest absolute Gasteiger partial charge is 0.273 e. The highest BCUT2D eigenvalue weighted by Gasteiger charge is 2.45. The van der Waals surface area contributed by atoms with E-state index in [9.17, 15) is 18.0 Å². The fraction of sp³-hybridized carbons (Fsp3) is 0.500. The summed E-state index contributed by atoms with van der Waals surface area (Å²) in [5.74, 6) is -0.0855. The molecule has 1 aromatic carbocycles. The first kappa shape index (κ1) is 17.4. The highest BCUT2D eigenvalue weighted by molar-refractivity contribution is 8.14. The Labute approximate surface area is 146 Å². The van der Waals surface area contributed by atoms with Gasteiger partial charge in [0, 0.05) is 13.1 Å². The summed E-state index contributed by atoms with van der Waals surface area (Å²) in [4.78, 5) is 24.8. The van der Waals surface area contributed by atoms with Gasteiger partial charge in [0.15, 0.2) is 0 Å². The van der Waals surface area contributed by atoms with Crippen LogP contribution < -0.4 is 0 Å². The Morgan fingerprint density at radius 1 is 1.08 bits per heavy atom. The predicted octanol–water partition coefficient (Wildman–Crippen LogP) is 2.05. The molecule has 0 N–H and O–H groups in total. The van der Waals surface area contributed by atoms with Crippen LogP contribution >= 0.6 is 11.8 Å². The van der Waals surface area contributed by atoms with Crippen molar-refractivity contribution in [1.82, 2.24) is 9.21 Å². The lowest BCUT2D eigenvalue weighted by Crippen LogP contribution is -2.61. The highest BCUT2D eigenvalue weighted by atomic mass is 32.2. The molecule has 0 bridgehead atoms. The number of thioether (sulfide) groups is 1. The topological polar surface area (TPSA) is 74.8 Å². The summed E-state index contributed by atoms with van der Waals surface area (Å²) in [5.41, 5.74) is 1.02. The van der Waals surface area contributed by atoms with E-state index in [0.29, 0.717) is 0 Å². The van der Waals surface area contributed by atoms with Gasteiger partial charge in [-0.25, -0.2) is 8.42 Å². The van der Waals surface area contributed by atoms with Crippen LogP contribution in [0.25, 0.3) is 0 Å². The lowest BCUT2D eigenvalue weighted by Gasteiger charge is -2.41. The van der Waals surface area contributed by atoms with E-state index >= 15 is 0 Å². The standard InChI is InChI=1S/C16H20N2O4S2/c1-16(2,3)11-4-6-13(7-5-11)24(21,22)17-8-12(9-17)18-14(19)10-23-15(18)20/h4-7,12H,8-10H2,1-3H3. The molecule has 2 aliphatic heterocycles. The van der Waals surface area contributed by atoms with E-state index < -0.39 is 10.0 Å². The SMILES string of the molecule is CC(C)(C)c1ccc(S(=O)(=O)N2CC(N3C(=O)CSC3=O)C2)cc1. The normalized spacial score (nSPS) is 20.5. The van der Waals surface area contributed by atoms with Crippen LogP contribution in [-0.4, -0.2) is 53.7 Å². The van der Waals surface area contributed by atoms with E-state index in [4.69, 9.17) is 0 Å². The third-order valence-corrected chi connectivity index (χ3v) is 7.02. The monoisotopic (exact) mass is 368 g/mol. The molecule has 2 fully saturated rings. The van der Waals surface area contributed by atoms with Crippen molar-refractivity contribution in [3.8, 4) is 0 Å². The summed E-state index contributed by atoms with van der Waals surface area (Å²) < 4.78 is 26.6. The molecule has 0 saturated carbocycles. The summed E-state index contributed by atoms with van der Waals surface area (Å²) >= 11 is 0.970. The highest BCUT2D eigenvalue weighted by Crippen LogP contribution is 2.30. The zero-order chi connectivity index (χ0) is 17.7.